The molecule has 15 heavy (non-hydrogen) atoms. The summed E-state index contributed by atoms with van der Waals surface area (Å²) < 4.78 is 15.7. The molecule has 0 aliphatic heterocycles. The molecule has 0 heterocycles. The molecule has 0 N–H and O–H groups in total. The molecule has 0 bridgehead atoms. The Labute approximate surface area is 98.1 Å². The molecule has 0 rings (SSSR count). The standard InChI is InChI=1S/C6H16O3Si.C4H12Si/c1-4-7-10(8-5-2)9-6-3;1-5(2,3)4/h10H,4-6H2,1-3H3;1-4H3. The van der Waals surface area contributed by atoms with E-state index in [1.807, 2.05) is 20.8 Å². The SMILES string of the molecule is CCO[SiH](OCC)OCC.C[Si](C)(C)C. The lowest BCUT2D eigenvalue weighted by Crippen LogP contribution is -2.27. The summed E-state index contributed by atoms with van der Waals surface area (Å²) in [6, 6.07) is 0. The first-order valence-electron chi connectivity index (χ1n) is 5.69. The highest BCUT2D eigenvalue weighted by atomic mass is 28.3. The van der Waals surface area contributed by atoms with Crippen LogP contribution >= 0.6 is 0 Å². The molecule has 3 nitrogen and oxygen atoms in total. The Kier molecular flexibility index (Phi) is 12.8. The van der Waals surface area contributed by atoms with Crippen LogP contribution in [-0.2, 0) is 13.3 Å². The molecule has 0 unspecified atom stereocenters. The Morgan fingerprint density at radius 3 is 1.07 bits per heavy atom. The van der Waals surface area contributed by atoms with Gasteiger partial charge in [0, 0.05) is 27.9 Å². The quantitative estimate of drug-likeness (QED) is 0.680. The third kappa shape index (κ3) is 25.0. The molecule has 0 radical (unpaired) electrons. The number of rotatable bonds is 6. The van der Waals surface area contributed by atoms with Gasteiger partial charge < -0.3 is 13.3 Å². The molecule has 0 aromatic carbocycles. The molecule has 0 aliphatic carbocycles. The maximum absolute atomic E-state index is 5.22. The molecular formula is C10H28O3Si2. The van der Waals surface area contributed by atoms with Crippen LogP contribution in [0.25, 0.3) is 0 Å². The summed E-state index contributed by atoms with van der Waals surface area (Å²) in [6.45, 7) is 17.2. The Morgan fingerprint density at radius 2 is 0.933 bits per heavy atom. The van der Waals surface area contributed by atoms with Gasteiger partial charge in [0.15, 0.2) is 0 Å². The Balaban J connectivity index is 0. The van der Waals surface area contributed by atoms with Gasteiger partial charge in [-0.2, -0.15) is 0 Å². The van der Waals surface area contributed by atoms with E-state index in [1.165, 1.54) is 0 Å². The molecule has 0 fully saturated rings. The highest BCUT2D eigenvalue weighted by Crippen LogP contribution is 1.94. The summed E-state index contributed by atoms with van der Waals surface area (Å²) in [5.41, 5.74) is 0. The van der Waals surface area contributed by atoms with Crippen molar-refractivity contribution in [1.29, 1.82) is 0 Å². The van der Waals surface area contributed by atoms with Crippen molar-refractivity contribution in [2.24, 2.45) is 0 Å². The summed E-state index contributed by atoms with van der Waals surface area (Å²) in [6.07, 6.45) is 0. The monoisotopic (exact) mass is 252 g/mol. The van der Waals surface area contributed by atoms with Gasteiger partial charge in [-0.25, -0.2) is 0 Å². The molecule has 0 aromatic rings. The second-order valence-electron chi connectivity index (χ2n) is 4.65. The molecule has 5 heteroatoms. The summed E-state index contributed by atoms with van der Waals surface area (Å²) >= 11 is 0. The van der Waals surface area contributed by atoms with Crippen LogP contribution in [-0.4, -0.2) is 37.4 Å². The van der Waals surface area contributed by atoms with E-state index < -0.39 is 17.6 Å². The summed E-state index contributed by atoms with van der Waals surface area (Å²) in [5, 5.41) is 0. The molecule has 0 saturated carbocycles. The van der Waals surface area contributed by atoms with Crippen molar-refractivity contribution in [3.05, 3.63) is 0 Å². The lowest BCUT2D eigenvalue weighted by atomic mass is 10.9. The van der Waals surface area contributed by atoms with Crippen molar-refractivity contribution in [2.45, 2.75) is 47.0 Å². The van der Waals surface area contributed by atoms with E-state index in [2.05, 4.69) is 26.2 Å². The van der Waals surface area contributed by atoms with Gasteiger partial charge in [-0.05, 0) is 20.8 Å². The first-order valence-corrected chi connectivity index (χ1v) is 11.1. The van der Waals surface area contributed by atoms with Crippen LogP contribution in [0.2, 0.25) is 26.2 Å². The van der Waals surface area contributed by atoms with Gasteiger partial charge in [-0.3, -0.25) is 0 Å². The highest BCUT2D eigenvalue weighted by Gasteiger charge is 2.11. The van der Waals surface area contributed by atoms with Crippen LogP contribution < -0.4 is 0 Å². The predicted molar refractivity (Wildman–Crippen MR) is 71.2 cm³/mol. The van der Waals surface area contributed by atoms with Crippen molar-refractivity contribution in [3.63, 3.8) is 0 Å². The zero-order valence-corrected chi connectivity index (χ0v) is 13.6. The predicted octanol–water partition coefficient (Wildman–Crippen LogP) is 2.77. The summed E-state index contributed by atoms with van der Waals surface area (Å²) in [4.78, 5) is 0. The molecule has 0 amide bonds. The van der Waals surface area contributed by atoms with Crippen molar-refractivity contribution in [1.82, 2.24) is 0 Å². The fourth-order valence-electron chi connectivity index (χ4n) is 0.553. The molecule has 0 aliphatic rings. The van der Waals surface area contributed by atoms with E-state index in [-0.39, 0.29) is 0 Å². The summed E-state index contributed by atoms with van der Waals surface area (Å²) in [7, 11) is -2.34. The van der Waals surface area contributed by atoms with Crippen molar-refractivity contribution in [2.75, 3.05) is 19.8 Å². The molecule has 0 aromatic heterocycles. The average Bonchev–Trinajstić information content (AvgIpc) is 2.02. The molecule has 0 spiro atoms. The van der Waals surface area contributed by atoms with Crippen LogP contribution in [0, 0.1) is 0 Å². The zero-order valence-electron chi connectivity index (χ0n) is 11.4. The van der Waals surface area contributed by atoms with Gasteiger partial charge in [-0.1, -0.05) is 26.2 Å². The van der Waals surface area contributed by atoms with Gasteiger partial charge in [0.2, 0.25) is 0 Å². The average molecular weight is 253 g/mol. The molecule has 94 valence electrons. The van der Waals surface area contributed by atoms with Crippen LogP contribution in [0.1, 0.15) is 20.8 Å². The molecule has 0 atom stereocenters. The fourth-order valence-corrected chi connectivity index (χ4v) is 1.66. The van der Waals surface area contributed by atoms with Crippen LogP contribution in [0.3, 0.4) is 0 Å². The van der Waals surface area contributed by atoms with Gasteiger partial charge in [0.25, 0.3) is 0 Å². The van der Waals surface area contributed by atoms with Crippen molar-refractivity contribution >= 4 is 17.6 Å². The number of hydrogen-bond donors (Lipinski definition) is 0. The van der Waals surface area contributed by atoms with Crippen LogP contribution in [0.15, 0.2) is 0 Å². The summed E-state index contributed by atoms with van der Waals surface area (Å²) in [5.74, 6) is 0. The minimum absolute atomic E-state index is 0.611. The van der Waals surface area contributed by atoms with Crippen LogP contribution in [0.4, 0.5) is 0 Å². The van der Waals surface area contributed by atoms with Crippen molar-refractivity contribution in [3.8, 4) is 0 Å². The fraction of sp³-hybridized carbons (Fsp3) is 1.00. The normalized spacial score (nSPS) is 11.2. The lowest BCUT2D eigenvalue weighted by molar-refractivity contribution is 0.107. The van der Waals surface area contributed by atoms with E-state index in [4.69, 9.17) is 13.3 Å². The Morgan fingerprint density at radius 1 is 0.733 bits per heavy atom. The van der Waals surface area contributed by atoms with E-state index in [1.54, 1.807) is 0 Å². The maximum Gasteiger partial charge on any atom is 0.484 e. The van der Waals surface area contributed by atoms with Crippen molar-refractivity contribution < 1.29 is 13.3 Å². The molecule has 0 saturated heterocycles. The molecular weight excluding hydrogens is 224 g/mol. The second kappa shape index (κ2) is 10.8. The van der Waals surface area contributed by atoms with Gasteiger partial charge in [0.05, 0.1) is 0 Å². The third-order valence-corrected chi connectivity index (χ3v) is 2.72. The van der Waals surface area contributed by atoms with Gasteiger partial charge in [-0.15, -0.1) is 0 Å². The third-order valence-electron chi connectivity index (χ3n) is 0.908. The largest absolute Gasteiger partial charge is 0.484 e. The lowest BCUT2D eigenvalue weighted by Gasteiger charge is -2.12. The smallest absolute Gasteiger partial charge is 0.376 e. The van der Waals surface area contributed by atoms with E-state index >= 15 is 0 Å². The van der Waals surface area contributed by atoms with Gasteiger partial charge in [0.1, 0.15) is 0 Å². The minimum Gasteiger partial charge on any atom is -0.376 e. The Hall–Kier alpha value is 0.314. The maximum atomic E-state index is 5.22. The second-order valence-corrected chi connectivity index (χ2v) is 12.2. The zero-order chi connectivity index (χ0) is 12.3. The number of hydrogen-bond acceptors (Lipinski definition) is 3. The first kappa shape index (κ1) is 17.7. The highest BCUT2D eigenvalue weighted by molar-refractivity contribution is 6.74. The van der Waals surface area contributed by atoms with Gasteiger partial charge >= 0.3 is 9.53 Å². The topological polar surface area (TPSA) is 27.7 Å². The van der Waals surface area contributed by atoms with E-state index in [0.717, 1.165) is 0 Å². The van der Waals surface area contributed by atoms with Crippen LogP contribution in [0.5, 0.6) is 0 Å². The minimum atomic E-state index is -1.73. The van der Waals surface area contributed by atoms with E-state index in [0.29, 0.717) is 19.8 Å². The first-order chi connectivity index (χ1) is 6.85. The Bertz CT molecular complexity index is 106. The van der Waals surface area contributed by atoms with E-state index in [9.17, 15) is 0 Å².